The van der Waals surface area contributed by atoms with Crippen LogP contribution in [0, 0.1) is 12.3 Å². The summed E-state index contributed by atoms with van der Waals surface area (Å²) >= 11 is 0. The first-order valence-corrected chi connectivity index (χ1v) is 10.2. The monoisotopic (exact) mass is 453 g/mol. The minimum absolute atomic E-state index is 0. The summed E-state index contributed by atoms with van der Waals surface area (Å²) in [6.45, 7) is 5.85. The predicted octanol–water partition coefficient (Wildman–Crippen LogP) is 3.06. The fraction of sp³-hybridized carbons (Fsp3) is 0.545. The number of likely N-dealkylation sites (tertiary alicyclic amines) is 1. The van der Waals surface area contributed by atoms with Crippen molar-refractivity contribution in [1.29, 1.82) is 0 Å². The number of piperidine rings is 1. The van der Waals surface area contributed by atoms with Gasteiger partial charge in [-0.3, -0.25) is 9.69 Å². The molecule has 6 nitrogen and oxygen atoms in total. The van der Waals surface area contributed by atoms with Crippen LogP contribution in [0.25, 0.3) is 5.69 Å². The zero-order valence-corrected chi connectivity index (χ0v) is 19.6. The predicted molar refractivity (Wildman–Crippen MR) is 125 cm³/mol. The molecule has 0 radical (unpaired) electrons. The third-order valence-electron chi connectivity index (χ3n) is 6.49. The van der Waals surface area contributed by atoms with E-state index < -0.39 is 0 Å². The molecule has 1 N–H and O–H groups in total. The molecule has 2 aliphatic heterocycles. The second-order valence-electron chi connectivity index (χ2n) is 8.66. The van der Waals surface area contributed by atoms with E-state index in [2.05, 4.69) is 41.4 Å². The van der Waals surface area contributed by atoms with Crippen molar-refractivity contribution in [1.82, 2.24) is 24.9 Å². The summed E-state index contributed by atoms with van der Waals surface area (Å²) < 4.78 is 1.90. The van der Waals surface area contributed by atoms with Crippen molar-refractivity contribution in [3.63, 3.8) is 0 Å². The molecule has 2 fully saturated rings. The van der Waals surface area contributed by atoms with Gasteiger partial charge in [-0.15, -0.1) is 24.8 Å². The molecule has 1 atom stereocenters. The number of carbonyl (C=O) groups is 1. The van der Waals surface area contributed by atoms with Crippen LogP contribution in [-0.4, -0.2) is 65.3 Å². The van der Waals surface area contributed by atoms with E-state index in [9.17, 15) is 4.79 Å². The van der Waals surface area contributed by atoms with Gasteiger partial charge in [0.25, 0.3) is 0 Å². The van der Waals surface area contributed by atoms with Gasteiger partial charge in [0.05, 0.1) is 17.9 Å². The fourth-order valence-corrected chi connectivity index (χ4v) is 4.87. The number of hydrogen-bond acceptors (Lipinski definition) is 4. The highest BCUT2D eigenvalue weighted by Gasteiger charge is 2.46. The Morgan fingerprint density at radius 3 is 2.67 bits per heavy atom. The maximum absolute atomic E-state index is 13.2. The number of benzene rings is 1. The van der Waals surface area contributed by atoms with Gasteiger partial charge >= 0.3 is 0 Å². The van der Waals surface area contributed by atoms with Crippen molar-refractivity contribution < 1.29 is 4.79 Å². The van der Waals surface area contributed by atoms with Crippen LogP contribution >= 0.6 is 24.8 Å². The topological polar surface area (TPSA) is 53.4 Å². The van der Waals surface area contributed by atoms with E-state index in [0.717, 1.165) is 37.3 Å². The maximum atomic E-state index is 13.2. The first kappa shape index (κ1) is 24.7. The summed E-state index contributed by atoms with van der Waals surface area (Å²) in [4.78, 5) is 17.3. The Bertz CT molecular complexity index is 850. The van der Waals surface area contributed by atoms with Crippen LogP contribution < -0.4 is 5.32 Å². The van der Waals surface area contributed by atoms with E-state index in [1.807, 2.05) is 41.2 Å². The molecule has 1 aromatic heterocycles. The van der Waals surface area contributed by atoms with Crippen LogP contribution in [0.2, 0.25) is 0 Å². The molecule has 8 heteroatoms. The Kier molecular flexibility index (Phi) is 8.34. The van der Waals surface area contributed by atoms with Gasteiger partial charge in [-0.1, -0.05) is 18.2 Å². The van der Waals surface area contributed by atoms with Gasteiger partial charge < -0.3 is 10.2 Å². The molecule has 1 spiro atoms. The van der Waals surface area contributed by atoms with Crippen LogP contribution in [0.5, 0.6) is 0 Å². The lowest BCUT2D eigenvalue weighted by atomic mass is 9.77. The third-order valence-corrected chi connectivity index (χ3v) is 6.49. The number of aryl methyl sites for hydroxylation is 1. The van der Waals surface area contributed by atoms with Crippen molar-refractivity contribution in [3.8, 4) is 5.69 Å². The lowest BCUT2D eigenvalue weighted by molar-refractivity contribution is -0.134. The highest BCUT2D eigenvalue weighted by Crippen LogP contribution is 2.41. The molecule has 1 amide bonds. The first-order chi connectivity index (χ1) is 13.5. The minimum atomic E-state index is -0.00508. The average molecular weight is 454 g/mol. The summed E-state index contributed by atoms with van der Waals surface area (Å²) in [6, 6.07) is 8.19. The van der Waals surface area contributed by atoms with Gasteiger partial charge in [-0.2, -0.15) is 5.10 Å². The van der Waals surface area contributed by atoms with Crippen LogP contribution in [0.15, 0.2) is 36.7 Å². The number of likely N-dealkylation sites (N-methyl/N-ethyl adjacent to an activating group) is 2. The van der Waals surface area contributed by atoms with Gasteiger partial charge in [0.15, 0.2) is 0 Å². The van der Waals surface area contributed by atoms with E-state index in [1.165, 1.54) is 18.4 Å². The second-order valence-corrected chi connectivity index (χ2v) is 8.66. The van der Waals surface area contributed by atoms with Crippen LogP contribution in [0.1, 0.15) is 30.4 Å². The van der Waals surface area contributed by atoms with E-state index in [4.69, 9.17) is 0 Å². The van der Waals surface area contributed by atoms with Gasteiger partial charge in [-0.05, 0) is 63.4 Å². The fourth-order valence-electron chi connectivity index (χ4n) is 4.87. The number of hydrogen-bond donors (Lipinski definition) is 1. The smallest absolute Gasteiger partial charge is 0.239 e. The Balaban J connectivity index is 0.00000160. The van der Waals surface area contributed by atoms with E-state index in [1.54, 1.807) is 0 Å². The molecular weight excluding hydrogens is 421 g/mol. The summed E-state index contributed by atoms with van der Waals surface area (Å²) in [5.74, 6) is 0.224. The lowest BCUT2D eigenvalue weighted by Crippen LogP contribution is -2.42. The van der Waals surface area contributed by atoms with E-state index >= 15 is 0 Å². The molecule has 2 aliphatic rings. The number of halogens is 2. The number of nitrogens with one attached hydrogen (secondary N) is 1. The Morgan fingerprint density at radius 2 is 1.97 bits per heavy atom. The molecule has 0 bridgehead atoms. The largest absolute Gasteiger partial charge is 0.340 e. The molecule has 0 saturated carbocycles. The molecule has 1 aromatic carbocycles. The summed E-state index contributed by atoms with van der Waals surface area (Å²) in [6.07, 6.45) is 7.22. The molecule has 4 rings (SSSR count). The maximum Gasteiger partial charge on any atom is 0.239 e. The van der Waals surface area contributed by atoms with Crippen molar-refractivity contribution in [2.24, 2.45) is 5.41 Å². The molecule has 0 aliphatic carbocycles. The van der Waals surface area contributed by atoms with Crippen LogP contribution in [-0.2, 0) is 11.3 Å². The van der Waals surface area contributed by atoms with Crippen molar-refractivity contribution >= 4 is 30.7 Å². The van der Waals surface area contributed by atoms with Crippen LogP contribution in [0.4, 0.5) is 0 Å². The van der Waals surface area contributed by atoms with Gasteiger partial charge in [0, 0.05) is 31.9 Å². The minimum Gasteiger partial charge on any atom is -0.340 e. The van der Waals surface area contributed by atoms with Crippen LogP contribution in [0.3, 0.4) is 0 Å². The molecule has 3 heterocycles. The van der Waals surface area contributed by atoms with Gasteiger partial charge in [-0.25, -0.2) is 4.68 Å². The summed E-state index contributed by atoms with van der Waals surface area (Å²) in [5.41, 5.74) is 3.63. The third kappa shape index (κ3) is 4.99. The number of nitrogens with zero attached hydrogens (tertiary/aromatic N) is 4. The molecule has 30 heavy (non-hydrogen) atoms. The summed E-state index contributed by atoms with van der Waals surface area (Å²) in [5, 5.41) is 7.95. The zero-order valence-electron chi connectivity index (χ0n) is 18.0. The Hall–Kier alpha value is -1.60. The highest BCUT2D eigenvalue weighted by molar-refractivity contribution is 5.85. The van der Waals surface area contributed by atoms with Gasteiger partial charge in [0.2, 0.25) is 5.91 Å². The van der Waals surface area contributed by atoms with E-state index in [-0.39, 0.29) is 36.8 Å². The number of amides is 1. The zero-order chi connectivity index (χ0) is 19.7. The number of aromatic nitrogens is 2. The molecule has 2 aromatic rings. The Labute approximate surface area is 191 Å². The van der Waals surface area contributed by atoms with E-state index in [0.29, 0.717) is 12.0 Å². The summed E-state index contributed by atoms with van der Waals surface area (Å²) in [7, 11) is 4.01. The molecule has 2 saturated heterocycles. The molecule has 166 valence electrons. The lowest BCUT2D eigenvalue weighted by Gasteiger charge is -2.33. The number of para-hydroxylation sites is 1. The SMILES string of the molecule is Cc1ccccc1-n1cc(CN(C)C(=O)C2CC3(CCNCC3)CN2C)cn1.Cl.Cl. The highest BCUT2D eigenvalue weighted by atomic mass is 35.5. The van der Waals surface area contributed by atoms with Crippen molar-refractivity contribution in [2.75, 3.05) is 33.7 Å². The van der Waals surface area contributed by atoms with Crippen molar-refractivity contribution in [2.45, 2.75) is 38.8 Å². The standard InChI is InChI=1S/C22H31N5O.2ClH/c1-17-6-4-5-7-19(17)27-15-18(13-24-27)14-25(2)21(28)20-12-22(16-26(20)3)8-10-23-11-9-22;;/h4-7,13,15,20,23H,8-12,14,16H2,1-3H3;2*1H. The average Bonchev–Trinajstić information content (AvgIpc) is 3.26. The Morgan fingerprint density at radius 1 is 1.27 bits per heavy atom. The molecule has 1 unspecified atom stereocenters. The quantitative estimate of drug-likeness (QED) is 0.772. The second kappa shape index (κ2) is 10.1. The van der Waals surface area contributed by atoms with Gasteiger partial charge in [0.1, 0.15) is 0 Å². The number of rotatable bonds is 4. The normalized spacial score (nSPS) is 20.4. The molecular formula is C22H33Cl2N5O. The number of carbonyl (C=O) groups excluding carboxylic acids is 1. The van der Waals surface area contributed by atoms with Crippen molar-refractivity contribution in [3.05, 3.63) is 47.8 Å². The first-order valence-electron chi connectivity index (χ1n) is 10.2.